The summed E-state index contributed by atoms with van der Waals surface area (Å²) >= 11 is 1.67. The number of hydrogen-bond acceptors (Lipinski definition) is 3. The normalized spacial score (nSPS) is 12.3. The van der Waals surface area contributed by atoms with Crippen molar-refractivity contribution < 1.29 is 4.39 Å². The third-order valence-corrected chi connectivity index (χ3v) is 4.75. The van der Waals surface area contributed by atoms with E-state index in [1.165, 1.54) is 6.07 Å². The number of guanidine groups is 1. The van der Waals surface area contributed by atoms with Gasteiger partial charge in [-0.1, -0.05) is 26.0 Å². The van der Waals surface area contributed by atoms with E-state index in [4.69, 9.17) is 0 Å². The molecular weight excluding hydrogens is 335 g/mol. The number of thiazole rings is 1. The highest BCUT2D eigenvalue weighted by Gasteiger charge is 2.21. The smallest absolute Gasteiger partial charge is 0.191 e. The van der Waals surface area contributed by atoms with Crippen LogP contribution in [0, 0.1) is 12.7 Å². The second-order valence-corrected chi connectivity index (χ2v) is 7.69. The molecule has 0 aliphatic carbocycles. The summed E-state index contributed by atoms with van der Waals surface area (Å²) in [5.41, 5.74) is 1.81. The van der Waals surface area contributed by atoms with Gasteiger partial charge in [0.1, 0.15) is 5.82 Å². The summed E-state index contributed by atoms with van der Waals surface area (Å²) in [7, 11) is 0. The Kier molecular flexibility index (Phi) is 6.93. The van der Waals surface area contributed by atoms with E-state index < -0.39 is 0 Å². The van der Waals surface area contributed by atoms with Crippen LogP contribution in [-0.4, -0.2) is 30.6 Å². The fraction of sp³-hybridized carbons (Fsp3) is 0.474. The number of aromatic nitrogens is 1. The number of aryl methyl sites for hydroxylation is 1. The Morgan fingerprint density at radius 1 is 1.32 bits per heavy atom. The van der Waals surface area contributed by atoms with Gasteiger partial charge in [0.25, 0.3) is 0 Å². The lowest BCUT2D eigenvalue weighted by molar-refractivity contribution is 0.529. The second-order valence-electron chi connectivity index (χ2n) is 6.62. The van der Waals surface area contributed by atoms with Crippen LogP contribution >= 0.6 is 11.3 Å². The molecular formula is C19H27FN4S. The number of benzene rings is 1. The van der Waals surface area contributed by atoms with Gasteiger partial charge in [0.15, 0.2) is 5.96 Å². The van der Waals surface area contributed by atoms with E-state index in [0.717, 1.165) is 41.7 Å². The molecule has 0 bridgehead atoms. The van der Waals surface area contributed by atoms with Crippen LogP contribution in [0.15, 0.2) is 34.6 Å². The maximum Gasteiger partial charge on any atom is 0.191 e. The standard InChI is InChI=1S/C19H27FN4S/c1-5-21-18(22-10-9-17-12-25-14(2)24-17)23-13-19(3,4)15-7-6-8-16(20)11-15/h6-8,11-12H,5,9-10,13H2,1-4H3,(H2,21,22,23). The van der Waals surface area contributed by atoms with Gasteiger partial charge < -0.3 is 10.6 Å². The lowest BCUT2D eigenvalue weighted by Gasteiger charge is -2.24. The predicted octanol–water partition coefficient (Wildman–Crippen LogP) is 3.67. The number of aliphatic imine (C=N–C) groups is 1. The lowest BCUT2D eigenvalue weighted by atomic mass is 9.85. The molecule has 0 saturated carbocycles. The highest BCUT2D eigenvalue weighted by atomic mass is 32.1. The molecule has 1 aromatic heterocycles. The van der Waals surface area contributed by atoms with E-state index in [2.05, 4.69) is 39.8 Å². The SMILES string of the molecule is CCNC(=NCC(C)(C)c1cccc(F)c1)NCCc1csc(C)n1. The molecule has 0 saturated heterocycles. The molecule has 1 aromatic carbocycles. The summed E-state index contributed by atoms with van der Waals surface area (Å²) in [5, 5.41) is 9.78. The fourth-order valence-electron chi connectivity index (χ4n) is 2.45. The first-order valence-corrected chi connectivity index (χ1v) is 9.48. The van der Waals surface area contributed by atoms with Gasteiger partial charge in [-0.25, -0.2) is 9.37 Å². The summed E-state index contributed by atoms with van der Waals surface area (Å²) in [5.74, 6) is 0.567. The van der Waals surface area contributed by atoms with Crippen LogP contribution in [0.4, 0.5) is 4.39 Å². The van der Waals surface area contributed by atoms with E-state index in [1.54, 1.807) is 23.5 Å². The summed E-state index contributed by atoms with van der Waals surface area (Å²) in [4.78, 5) is 9.15. The van der Waals surface area contributed by atoms with Crippen LogP contribution in [0.3, 0.4) is 0 Å². The molecule has 2 N–H and O–H groups in total. The Bertz CT molecular complexity index is 709. The molecule has 0 fully saturated rings. The second kappa shape index (κ2) is 8.94. The Morgan fingerprint density at radius 2 is 2.12 bits per heavy atom. The summed E-state index contributed by atoms with van der Waals surface area (Å²) < 4.78 is 13.5. The number of halogens is 1. The molecule has 0 amide bonds. The van der Waals surface area contributed by atoms with Gasteiger partial charge in [0.2, 0.25) is 0 Å². The predicted molar refractivity (Wildman–Crippen MR) is 104 cm³/mol. The van der Waals surface area contributed by atoms with Gasteiger partial charge in [-0.15, -0.1) is 11.3 Å². The van der Waals surface area contributed by atoms with E-state index in [0.29, 0.717) is 6.54 Å². The number of rotatable bonds is 7. The minimum atomic E-state index is -0.240. The van der Waals surface area contributed by atoms with E-state index >= 15 is 0 Å². The van der Waals surface area contributed by atoms with Crippen LogP contribution < -0.4 is 10.6 Å². The van der Waals surface area contributed by atoms with E-state index in [1.807, 2.05) is 19.9 Å². The average Bonchev–Trinajstić information content (AvgIpc) is 2.98. The summed E-state index contributed by atoms with van der Waals surface area (Å²) in [6.07, 6.45) is 0.863. The first-order chi connectivity index (χ1) is 11.9. The van der Waals surface area contributed by atoms with Crippen molar-refractivity contribution in [3.05, 3.63) is 51.7 Å². The maximum atomic E-state index is 13.5. The Morgan fingerprint density at radius 3 is 2.76 bits per heavy atom. The number of nitrogens with zero attached hydrogens (tertiary/aromatic N) is 2. The zero-order chi connectivity index (χ0) is 18.3. The average molecular weight is 363 g/mol. The van der Waals surface area contributed by atoms with Gasteiger partial charge in [-0.3, -0.25) is 4.99 Å². The molecule has 1 heterocycles. The van der Waals surface area contributed by atoms with Crippen molar-refractivity contribution in [2.45, 2.75) is 39.5 Å². The van der Waals surface area contributed by atoms with Gasteiger partial charge in [-0.05, 0) is 31.5 Å². The molecule has 25 heavy (non-hydrogen) atoms. The number of nitrogens with one attached hydrogen (secondary N) is 2. The quantitative estimate of drug-likeness (QED) is 0.584. The first-order valence-electron chi connectivity index (χ1n) is 8.60. The molecule has 0 atom stereocenters. The van der Waals surface area contributed by atoms with Crippen LogP contribution in [0.1, 0.15) is 37.0 Å². The Balaban J connectivity index is 1.95. The van der Waals surface area contributed by atoms with Crippen molar-refractivity contribution in [3.8, 4) is 0 Å². The Hall–Kier alpha value is -1.95. The van der Waals surface area contributed by atoms with E-state index in [-0.39, 0.29) is 11.2 Å². The van der Waals surface area contributed by atoms with Crippen molar-refractivity contribution in [2.24, 2.45) is 4.99 Å². The molecule has 6 heteroatoms. The highest BCUT2D eigenvalue weighted by Crippen LogP contribution is 2.24. The monoisotopic (exact) mass is 362 g/mol. The van der Waals surface area contributed by atoms with E-state index in [9.17, 15) is 4.39 Å². The van der Waals surface area contributed by atoms with Crippen LogP contribution in [0.2, 0.25) is 0 Å². The molecule has 0 unspecified atom stereocenters. The molecule has 0 aliphatic rings. The lowest BCUT2D eigenvalue weighted by Crippen LogP contribution is -2.39. The van der Waals surface area contributed by atoms with Crippen LogP contribution in [-0.2, 0) is 11.8 Å². The minimum Gasteiger partial charge on any atom is -0.357 e. The third-order valence-electron chi connectivity index (χ3n) is 3.92. The maximum absolute atomic E-state index is 13.5. The zero-order valence-electron chi connectivity index (χ0n) is 15.4. The fourth-order valence-corrected chi connectivity index (χ4v) is 3.10. The highest BCUT2D eigenvalue weighted by molar-refractivity contribution is 7.09. The van der Waals surface area contributed by atoms with Gasteiger partial charge in [0.05, 0.1) is 17.2 Å². The van der Waals surface area contributed by atoms with Crippen LogP contribution in [0.5, 0.6) is 0 Å². The largest absolute Gasteiger partial charge is 0.357 e. The van der Waals surface area contributed by atoms with Crippen molar-refractivity contribution in [1.29, 1.82) is 0 Å². The summed E-state index contributed by atoms with van der Waals surface area (Å²) in [6, 6.07) is 6.74. The zero-order valence-corrected chi connectivity index (χ0v) is 16.2. The molecule has 136 valence electrons. The van der Waals surface area contributed by atoms with Crippen LogP contribution in [0.25, 0.3) is 0 Å². The third kappa shape index (κ3) is 6.12. The summed E-state index contributed by atoms with van der Waals surface area (Å²) in [6.45, 7) is 10.3. The molecule has 2 rings (SSSR count). The topological polar surface area (TPSA) is 49.3 Å². The van der Waals surface area contributed by atoms with Crippen molar-refractivity contribution in [2.75, 3.05) is 19.6 Å². The molecule has 2 aromatic rings. The molecule has 4 nitrogen and oxygen atoms in total. The van der Waals surface area contributed by atoms with Gasteiger partial charge >= 0.3 is 0 Å². The van der Waals surface area contributed by atoms with Gasteiger partial charge in [0, 0.05) is 30.3 Å². The van der Waals surface area contributed by atoms with Crippen molar-refractivity contribution in [3.63, 3.8) is 0 Å². The minimum absolute atomic E-state index is 0.210. The Labute approximate surface area is 153 Å². The first kappa shape index (κ1) is 19.4. The molecule has 0 aliphatic heterocycles. The molecule has 0 spiro atoms. The number of hydrogen-bond donors (Lipinski definition) is 2. The van der Waals surface area contributed by atoms with Crippen molar-refractivity contribution in [1.82, 2.24) is 15.6 Å². The van der Waals surface area contributed by atoms with Crippen molar-refractivity contribution >= 4 is 17.3 Å². The van der Waals surface area contributed by atoms with Gasteiger partial charge in [-0.2, -0.15) is 0 Å². The molecule has 0 radical (unpaired) electrons.